The Morgan fingerprint density at radius 1 is 1.50 bits per heavy atom. The SMILES string of the molecule is CC(C)=CCNC(C)(C)C(C)O. The van der Waals surface area contributed by atoms with Crippen molar-refractivity contribution in [2.24, 2.45) is 0 Å². The van der Waals surface area contributed by atoms with Crippen LogP contribution in [0.25, 0.3) is 0 Å². The lowest BCUT2D eigenvalue weighted by atomic mass is 9.99. The van der Waals surface area contributed by atoms with Gasteiger partial charge in [-0.1, -0.05) is 11.6 Å². The molecule has 0 aromatic rings. The highest BCUT2D eigenvalue weighted by atomic mass is 16.3. The summed E-state index contributed by atoms with van der Waals surface area (Å²) in [5.74, 6) is 0. The molecule has 2 nitrogen and oxygen atoms in total. The lowest BCUT2D eigenvalue weighted by Gasteiger charge is -2.28. The zero-order valence-corrected chi connectivity index (χ0v) is 8.81. The van der Waals surface area contributed by atoms with E-state index in [9.17, 15) is 5.11 Å². The summed E-state index contributed by atoms with van der Waals surface area (Å²) >= 11 is 0. The van der Waals surface area contributed by atoms with Gasteiger partial charge in [-0.25, -0.2) is 0 Å². The van der Waals surface area contributed by atoms with Crippen molar-refractivity contribution in [2.45, 2.75) is 46.3 Å². The number of rotatable bonds is 4. The summed E-state index contributed by atoms with van der Waals surface area (Å²) in [4.78, 5) is 0. The average Bonchev–Trinajstić information content (AvgIpc) is 1.85. The molecule has 72 valence electrons. The van der Waals surface area contributed by atoms with Crippen LogP contribution in [0.3, 0.4) is 0 Å². The third-order valence-electron chi connectivity index (χ3n) is 2.11. The first-order valence-electron chi connectivity index (χ1n) is 4.42. The zero-order valence-electron chi connectivity index (χ0n) is 8.81. The second-order valence-electron chi connectivity index (χ2n) is 4.06. The van der Waals surface area contributed by atoms with Gasteiger partial charge in [0.25, 0.3) is 0 Å². The smallest absolute Gasteiger partial charge is 0.0688 e. The molecule has 0 bridgehead atoms. The van der Waals surface area contributed by atoms with Crippen LogP contribution in [-0.4, -0.2) is 23.3 Å². The van der Waals surface area contributed by atoms with E-state index in [2.05, 4.69) is 25.2 Å². The highest BCUT2D eigenvalue weighted by molar-refractivity contribution is 4.96. The van der Waals surface area contributed by atoms with E-state index in [4.69, 9.17) is 0 Å². The second-order valence-corrected chi connectivity index (χ2v) is 4.06. The van der Waals surface area contributed by atoms with Crippen molar-refractivity contribution in [3.05, 3.63) is 11.6 Å². The van der Waals surface area contributed by atoms with Gasteiger partial charge in [0.15, 0.2) is 0 Å². The van der Waals surface area contributed by atoms with E-state index in [1.165, 1.54) is 5.57 Å². The molecule has 12 heavy (non-hydrogen) atoms. The van der Waals surface area contributed by atoms with Gasteiger partial charge in [0.2, 0.25) is 0 Å². The number of nitrogens with one attached hydrogen (secondary N) is 1. The minimum absolute atomic E-state index is 0.202. The number of aliphatic hydroxyl groups is 1. The molecule has 1 unspecified atom stereocenters. The van der Waals surface area contributed by atoms with Gasteiger partial charge in [-0.05, 0) is 34.6 Å². The molecule has 2 heteroatoms. The van der Waals surface area contributed by atoms with Crippen molar-refractivity contribution in [3.8, 4) is 0 Å². The lowest BCUT2D eigenvalue weighted by Crippen LogP contribution is -2.48. The predicted molar refractivity (Wildman–Crippen MR) is 53.2 cm³/mol. The van der Waals surface area contributed by atoms with Crippen molar-refractivity contribution >= 4 is 0 Å². The van der Waals surface area contributed by atoms with Gasteiger partial charge < -0.3 is 10.4 Å². The fraction of sp³-hybridized carbons (Fsp3) is 0.800. The van der Waals surface area contributed by atoms with Crippen LogP contribution >= 0.6 is 0 Å². The molecular formula is C10H21NO. The van der Waals surface area contributed by atoms with Gasteiger partial charge >= 0.3 is 0 Å². The normalized spacial score (nSPS) is 14.2. The Kier molecular flexibility index (Phi) is 4.50. The maximum atomic E-state index is 9.36. The molecular weight excluding hydrogens is 150 g/mol. The fourth-order valence-corrected chi connectivity index (χ4v) is 0.666. The predicted octanol–water partition coefficient (Wildman–Crippen LogP) is 1.70. The van der Waals surface area contributed by atoms with Crippen LogP contribution in [0.15, 0.2) is 11.6 Å². The summed E-state index contributed by atoms with van der Waals surface area (Å²) in [6.07, 6.45) is 1.78. The molecule has 0 radical (unpaired) electrons. The highest BCUT2D eigenvalue weighted by Crippen LogP contribution is 2.07. The minimum atomic E-state index is -0.330. The van der Waals surface area contributed by atoms with E-state index in [0.29, 0.717) is 0 Å². The van der Waals surface area contributed by atoms with E-state index in [0.717, 1.165) is 6.54 Å². The Morgan fingerprint density at radius 3 is 2.33 bits per heavy atom. The first-order chi connectivity index (χ1) is 5.36. The molecule has 0 aromatic carbocycles. The molecule has 0 spiro atoms. The average molecular weight is 171 g/mol. The lowest BCUT2D eigenvalue weighted by molar-refractivity contribution is 0.0994. The summed E-state index contributed by atoms with van der Waals surface area (Å²) in [7, 11) is 0. The Morgan fingerprint density at radius 2 is 2.00 bits per heavy atom. The van der Waals surface area contributed by atoms with E-state index in [-0.39, 0.29) is 11.6 Å². The maximum absolute atomic E-state index is 9.36. The summed E-state index contributed by atoms with van der Waals surface area (Å²) < 4.78 is 0. The van der Waals surface area contributed by atoms with Crippen molar-refractivity contribution < 1.29 is 5.11 Å². The molecule has 2 N–H and O–H groups in total. The molecule has 0 heterocycles. The first kappa shape index (κ1) is 11.7. The third-order valence-corrected chi connectivity index (χ3v) is 2.11. The molecule has 0 aliphatic heterocycles. The van der Waals surface area contributed by atoms with Crippen LogP contribution in [0.4, 0.5) is 0 Å². The largest absolute Gasteiger partial charge is 0.392 e. The Labute approximate surface area is 75.7 Å². The van der Waals surface area contributed by atoms with E-state index in [1.807, 2.05) is 13.8 Å². The monoisotopic (exact) mass is 171 g/mol. The van der Waals surface area contributed by atoms with Crippen molar-refractivity contribution in [3.63, 3.8) is 0 Å². The molecule has 0 rings (SSSR count). The van der Waals surface area contributed by atoms with Crippen molar-refractivity contribution in [1.82, 2.24) is 5.32 Å². The van der Waals surface area contributed by atoms with Crippen molar-refractivity contribution in [1.29, 1.82) is 0 Å². The quantitative estimate of drug-likeness (QED) is 0.631. The highest BCUT2D eigenvalue weighted by Gasteiger charge is 2.21. The molecule has 1 atom stereocenters. The molecule has 0 amide bonds. The Hall–Kier alpha value is -0.340. The minimum Gasteiger partial charge on any atom is -0.392 e. The number of aliphatic hydroxyl groups excluding tert-OH is 1. The van der Waals surface area contributed by atoms with Crippen LogP contribution in [0.5, 0.6) is 0 Å². The van der Waals surface area contributed by atoms with Crippen LogP contribution in [0.2, 0.25) is 0 Å². The molecule has 0 saturated heterocycles. The van der Waals surface area contributed by atoms with Gasteiger partial charge in [-0.2, -0.15) is 0 Å². The number of hydrogen-bond donors (Lipinski definition) is 2. The van der Waals surface area contributed by atoms with E-state index in [1.54, 1.807) is 6.92 Å². The molecule has 0 aromatic heterocycles. The van der Waals surface area contributed by atoms with Gasteiger partial charge in [0.1, 0.15) is 0 Å². The van der Waals surface area contributed by atoms with E-state index < -0.39 is 0 Å². The fourth-order valence-electron chi connectivity index (χ4n) is 0.666. The van der Waals surface area contributed by atoms with Crippen LogP contribution < -0.4 is 5.32 Å². The molecule has 0 saturated carbocycles. The zero-order chi connectivity index (χ0) is 9.78. The molecule has 0 aliphatic rings. The second kappa shape index (κ2) is 4.63. The Balaban J connectivity index is 3.84. The summed E-state index contributed by atoms with van der Waals surface area (Å²) in [5, 5.41) is 12.6. The number of hydrogen-bond acceptors (Lipinski definition) is 2. The van der Waals surface area contributed by atoms with E-state index >= 15 is 0 Å². The first-order valence-corrected chi connectivity index (χ1v) is 4.42. The van der Waals surface area contributed by atoms with Gasteiger partial charge in [-0.3, -0.25) is 0 Å². The topological polar surface area (TPSA) is 32.3 Å². The molecule has 0 fully saturated rings. The van der Waals surface area contributed by atoms with Gasteiger partial charge in [-0.15, -0.1) is 0 Å². The van der Waals surface area contributed by atoms with Crippen LogP contribution in [0, 0.1) is 0 Å². The summed E-state index contributed by atoms with van der Waals surface area (Å²) in [6, 6.07) is 0. The standard InChI is InChI=1S/C10H21NO/c1-8(2)6-7-11-10(4,5)9(3)12/h6,9,11-12H,7H2,1-5H3. The number of allylic oxidation sites excluding steroid dienone is 1. The van der Waals surface area contributed by atoms with Gasteiger partial charge in [0, 0.05) is 12.1 Å². The van der Waals surface area contributed by atoms with Crippen molar-refractivity contribution in [2.75, 3.05) is 6.54 Å². The van der Waals surface area contributed by atoms with Crippen LogP contribution in [0.1, 0.15) is 34.6 Å². The summed E-state index contributed by atoms with van der Waals surface area (Å²) in [5.41, 5.74) is 1.09. The molecule has 0 aliphatic carbocycles. The van der Waals surface area contributed by atoms with Crippen LogP contribution in [-0.2, 0) is 0 Å². The van der Waals surface area contributed by atoms with Gasteiger partial charge in [0.05, 0.1) is 6.10 Å². The summed E-state index contributed by atoms with van der Waals surface area (Å²) in [6.45, 7) is 10.7. The Bertz CT molecular complexity index is 155. The third kappa shape index (κ3) is 4.52. The maximum Gasteiger partial charge on any atom is 0.0688 e.